The van der Waals surface area contributed by atoms with Crippen molar-refractivity contribution in [3.63, 3.8) is 0 Å². The third-order valence-electron chi connectivity index (χ3n) is 4.91. The zero-order chi connectivity index (χ0) is 20.4. The van der Waals surface area contributed by atoms with Gasteiger partial charge in [-0.15, -0.1) is 0 Å². The number of carbonyl (C=O) groups is 2. The average molecular weight is 386 g/mol. The maximum Gasteiger partial charge on any atom is 0.260 e. The molecule has 0 spiro atoms. The molecular weight excluding hydrogens is 364 g/mol. The third kappa shape index (κ3) is 3.96. The Morgan fingerprint density at radius 2 is 1.72 bits per heavy atom. The highest BCUT2D eigenvalue weighted by atomic mass is 16.2. The molecule has 0 saturated carbocycles. The van der Waals surface area contributed by atoms with Crippen molar-refractivity contribution in [3.8, 4) is 0 Å². The second-order valence-electron chi connectivity index (χ2n) is 7.17. The van der Waals surface area contributed by atoms with Crippen LogP contribution in [0.3, 0.4) is 0 Å². The lowest BCUT2D eigenvalue weighted by Crippen LogP contribution is -2.35. The molecule has 1 atom stereocenters. The number of amides is 2. The Balaban J connectivity index is 1.47. The predicted molar refractivity (Wildman–Crippen MR) is 115 cm³/mol. The topological polar surface area (TPSA) is 74.3 Å². The van der Waals surface area contributed by atoms with Gasteiger partial charge in [-0.1, -0.05) is 18.2 Å². The normalized spacial score (nSPS) is 15.0. The van der Waals surface area contributed by atoms with Gasteiger partial charge in [0, 0.05) is 36.2 Å². The number of aromatic nitrogens is 1. The Hall–Kier alpha value is -3.67. The number of pyridine rings is 1. The molecule has 1 aliphatic heterocycles. The molecule has 29 heavy (non-hydrogen) atoms. The molecule has 6 heteroatoms. The van der Waals surface area contributed by atoms with Gasteiger partial charge in [-0.2, -0.15) is 0 Å². The maximum atomic E-state index is 13.0. The molecule has 2 amide bonds. The van der Waals surface area contributed by atoms with Crippen LogP contribution in [-0.2, 0) is 11.2 Å². The highest BCUT2D eigenvalue weighted by Crippen LogP contribution is 2.33. The minimum atomic E-state index is -0.109. The van der Waals surface area contributed by atoms with E-state index in [1.54, 1.807) is 18.3 Å². The molecule has 0 saturated heterocycles. The summed E-state index contributed by atoms with van der Waals surface area (Å²) in [6.07, 6.45) is 2.47. The van der Waals surface area contributed by atoms with Crippen LogP contribution >= 0.6 is 0 Å². The fraction of sp³-hybridized carbons (Fsp3) is 0.174. The number of hydrogen-bond acceptors (Lipinski definition) is 4. The monoisotopic (exact) mass is 386 g/mol. The maximum absolute atomic E-state index is 13.0. The fourth-order valence-corrected chi connectivity index (χ4v) is 3.60. The lowest BCUT2D eigenvalue weighted by Gasteiger charge is -2.22. The largest absolute Gasteiger partial charge is 0.340 e. The summed E-state index contributed by atoms with van der Waals surface area (Å²) in [5.74, 6) is 0.493. The fourth-order valence-electron chi connectivity index (χ4n) is 3.60. The first-order valence-electron chi connectivity index (χ1n) is 9.53. The van der Waals surface area contributed by atoms with Crippen LogP contribution in [-0.4, -0.2) is 22.8 Å². The molecule has 6 nitrogen and oxygen atoms in total. The summed E-state index contributed by atoms with van der Waals surface area (Å²) in [6, 6.07) is 19.1. The van der Waals surface area contributed by atoms with Gasteiger partial charge in [-0.25, -0.2) is 4.98 Å². The number of rotatable bonds is 4. The third-order valence-corrected chi connectivity index (χ3v) is 4.91. The zero-order valence-electron chi connectivity index (χ0n) is 16.3. The van der Waals surface area contributed by atoms with E-state index >= 15 is 0 Å². The Bertz CT molecular complexity index is 1050. The zero-order valence-corrected chi connectivity index (χ0v) is 16.3. The van der Waals surface area contributed by atoms with E-state index in [-0.39, 0.29) is 17.9 Å². The second kappa shape index (κ2) is 7.75. The molecule has 0 radical (unpaired) electrons. The van der Waals surface area contributed by atoms with Gasteiger partial charge in [0.2, 0.25) is 5.91 Å². The summed E-state index contributed by atoms with van der Waals surface area (Å²) in [4.78, 5) is 30.4. The summed E-state index contributed by atoms with van der Waals surface area (Å²) in [6.45, 7) is 3.53. The first-order chi connectivity index (χ1) is 14.0. The van der Waals surface area contributed by atoms with Crippen LogP contribution in [0.5, 0.6) is 0 Å². The molecule has 1 unspecified atom stereocenters. The summed E-state index contributed by atoms with van der Waals surface area (Å²) in [5.41, 5.74) is 4.30. The van der Waals surface area contributed by atoms with Gasteiger partial charge in [0.25, 0.3) is 5.91 Å². The van der Waals surface area contributed by atoms with Crippen molar-refractivity contribution in [2.75, 3.05) is 15.5 Å². The van der Waals surface area contributed by atoms with E-state index in [0.717, 1.165) is 23.5 Å². The van der Waals surface area contributed by atoms with Crippen molar-refractivity contribution in [1.29, 1.82) is 0 Å². The van der Waals surface area contributed by atoms with Crippen molar-refractivity contribution >= 4 is 34.7 Å². The molecule has 4 rings (SSSR count). The van der Waals surface area contributed by atoms with Crippen molar-refractivity contribution in [2.45, 2.75) is 26.3 Å². The smallest absolute Gasteiger partial charge is 0.260 e. The summed E-state index contributed by atoms with van der Waals surface area (Å²) < 4.78 is 0. The molecule has 2 N–H and O–H groups in total. The van der Waals surface area contributed by atoms with E-state index in [9.17, 15) is 9.59 Å². The van der Waals surface area contributed by atoms with E-state index in [1.807, 2.05) is 47.4 Å². The van der Waals surface area contributed by atoms with Crippen molar-refractivity contribution in [2.24, 2.45) is 0 Å². The molecule has 0 aliphatic carbocycles. The van der Waals surface area contributed by atoms with Crippen LogP contribution in [0.1, 0.15) is 29.8 Å². The van der Waals surface area contributed by atoms with E-state index in [2.05, 4.69) is 28.6 Å². The molecule has 2 heterocycles. The first-order valence-corrected chi connectivity index (χ1v) is 9.53. The van der Waals surface area contributed by atoms with Crippen LogP contribution in [0.25, 0.3) is 0 Å². The van der Waals surface area contributed by atoms with Crippen molar-refractivity contribution < 1.29 is 9.59 Å². The number of nitrogens with zero attached hydrogens (tertiary/aromatic N) is 2. The number of nitrogens with one attached hydrogen (secondary N) is 2. The van der Waals surface area contributed by atoms with Crippen LogP contribution < -0.4 is 15.5 Å². The molecule has 146 valence electrons. The molecule has 1 aromatic heterocycles. The number of para-hydroxylation sites is 1. The summed E-state index contributed by atoms with van der Waals surface area (Å²) in [5, 5.41) is 5.92. The molecule has 0 fully saturated rings. The van der Waals surface area contributed by atoms with Crippen molar-refractivity contribution in [1.82, 2.24) is 4.98 Å². The van der Waals surface area contributed by atoms with Gasteiger partial charge >= 0.3 is 0 Å². The summed E-state index contributed by atoms with van der Waals surface area (Å²) in [7, 11) is 0. The average Bonchev–Trinajstić information content (AvgIpc) is 3.05. The molecule has 1 aliphatic rings. The quantitative estimate of drug-likeness (QED) is 0.698. The highest BCUT2D eigenvalue weighted by molar-refractivity contribution is 6.07. The lowest BCUT2D eigenvalue weighted by molar-refractivity contribution is -0.114. The van der Waals surface area contributed by atoms with Gasteiger partial charge < -0.3 is 15.5 Å². The number of fused-ring (bicyclic) bond motifs is 1. The number of benzene rings is 2. The summed E-state index contributed by atoms with van der Waals surface area (Å²) >= 11 is 0. The van der Waals surface area contributed by atoms with E-state index < -0.39 is 0 Å². The lowest BCUT2D eigenvalue weighted by atomic mass is 10.1. The van der Waals surface area contributed by atoms with Gasteiger partial charge in [0.15, 0.2) is 0 Å². The SMILES string of the molecule is CC(=O)Nc1ccc(Nc2ccc(C(=O)N3c4ccccc4CC3C)cn2)cc1. The van der Waals surface area contributed by atoms with Gasteiger partial charge in [-0.05, 0) is 61.4 Å². The molecular formula is C23H22N4O2. The minimum Gasteiger partial charge on any atom is -0.340 e. The van der Waals surface area contributed by atoms with Gasteiger partial charge in [-0.3, -0.25) is 9.59 Å². The molecule has 3 aromatic rings. The Morgan fingerprint density at radius 3 is 2.41 bits per heavy atom. The molecule has 2 aromatic carbocycles. The van der Waals surface area contributed by atoms with Crippen LogP contribution in [0.15, 0.2) is 66.9 Å². The molecule has 0 bridgehead atoms. The predicted octanol–water partition coefficient (Wildman–Crippen LogP) is 4.38. The number of carbonyl (C=O) groups excluding carboxylic acids is 2. The first kappa shape index (κ1) is 18.7. The van der Waals surface area contributed by atoms with Crippen LogP contribution in [0.2, 0.25) is 0 Å². The Kier molecular flexibility index (Phi) is 4.99. The van der Waals surface area contributed by atoms with Crippen LogP contribution in [0, 0.1) is 0 Å². The standard InChI is InChI=1S/C23H22N4O2/c1-15-13-17-5-3-4-6-21(17)27(15)23(29)18-7-12-22(24-14-18)26-20-10-8-19(9-11-20)25-16(2)28/h3-12,14-15H,13H2,1-2H3,(H,24,26)(H,25,28). The second-order valence-corrected chi connectivity index (χ2v) is 7.17. The van der Waals surface area contributed by atoms with E-state index in [4.69, 9.17) is 0 Å². The van der Waals surface area contributed by atoms with Crippen LogP contribution in [0.4, 0.5) is 22.9 Å². The minimum absolute atomic E-state index is 0.0406. The van der Waals surface area contributed by atoms with Gasteiger partial charge in [0.1, 0.15) is 5.82 Å². The van der Waals surface area contributed by atoms with Crippen molar-refractivity contribution in [3.05, 3.63) is 78.0 Å². The number of hydrogen-bond donors (Lipinski definition) is 2. The number of anilines is 4. The highest BCUT2D eigenvalue weighted by Gasteiger charge is 2.31. The van der Waals surface area contributed by atoms with Gasteiger partial charge in [0.05, 0.1) is 5.56 Å². The van der Waals surface area contributed by atoms with E-state index in [0.29, 0.717) is 11.4 Å². The van der Waals surface area contributed by atoms with E-state index in [1.165, 1.54) is 12.5 Å². The Labute approximate surface area is 169 Å². The Morgan fingerprint density at radius 1 is 1.00 bits per heavy atom.